The quantitative estimate of drug-likeness (QED) is 0.799. The van der Waals surface area contributed by atoms with E-state index < -0.39 is 14.6 Å². The molecular formula is C16H23N3O4S. The molecule has 0 bridgehead atoms. The number of ether oxygens (including phenoxy) is 1. The number of nitrogens with zero attached hydrogens (tertiary/aromatic N) is 3. The Morgan fingerprint density at radius 3 is 2.79 bits per heavy atom. The number of hydrogen-bond donors (Lipinski definition) is 0. The summed E-state index contributed by atoms with van der Waals surface area (Å²) < 4.78 is 30.0. The van der Waals surface area contributed by atoms with Gasteiger partial charge < -0.3 is 14.5 Å². The van der Waals surface area contributed by atoms with E-state index in [1.165, 1.54) is 4.90 Å². The van der Waals surface area contributed by atoms with Crippen LogP contribution in [-0.4, -0.2) is 73.5 Å². The molecule has 1 spiro atoms. The number of amides is 2. The van der Waals surface area contributed by atoms with E-state index >= 15 is 0 Å². The lowest BCUT2D eigenvalue weighted by atomic mass is 9.84. The predicted molar refractivity (Wildman–Crippen MR) is 89.2 cm³/mol. The molecule has 3 heterocycles. The van der Waals surface area contributed by atoms with Crippen molar-refractivity contribution in [1.29, 1.82) is 0 Å². The highest BCUT2D eigenvalue weighted by atomic mass is 32.2. The summed E-state index contributed by atoms with van der Waals surface area (Å²) in [6.45, 7) is 1.28. The zero-order chi connectivity index (χ0) is 17.4. The Balaban J connectivity index is 1.62. The molecule has 0 aliphatic carbocycles. The Morgan fingerprint density at radius 2 is 2.17 bits per heavy atom. The zero-order valence-corrected chi connectivity index (χ0v) is 14.8. The summed E-state index contributed by atoms with van der Waals surface area (Å²) in [6.07, 6.45) is 2.30. The molecule has 2 aliphatic rings. The Morgan fingerprint density at radius 1 is 1.42 bits per heavy atom. The van der Waals surface area contributed by atoms with Gasteiger partial charge in [0.15, 0.2) is 9.84 Å². The minimum absolute atomic E-state index is 0.0718. The number of carbonyl (C=O) groups excluding carboxylic acids is 1. The maximum absolute atomic E-state index is 12.5. The van der Waals surface area contributed by atoms with E-state index in [-0.39, 0.29) is 30.8 Å². The van der Waals surface area contributed by atoms with E-state index in [2.05, 4.69) is 4.98 Å². The molecule has 0 aromatic carbocycles. The van der Waals surface area contributed by atoms with E-state index in [0.717, 1.165) is 5.69 Å². The number of rotatable bonds is 4. The zero-order valence-electron chi connectivity index (χ0n) is 14.0. The average molecular weight is 353 g/mol. The average Bonchev–Trinajstić information content (AvgIpc) is 2.77. The predicted octanol–water partition coefficient (Wildman–Crippen LogP) is 0.769. The van der Waals surface area contributed by atoms with Crippen LogP contribution in [0.3, 0.4) is 0 Å². The number of urea groups is 1. The first-order valence-electron chi connectivity index (χ1n) is 8.02. The molecule has 2 saturated heterocycles. The van der Waals surface area contributed by atoms with Gasteiger partial charge >= 0.3 is 6.03 Å². The van der Waals surface area contributed by atoms with Gasteiger partial charge in [0.2, 0.25) is 0 Å². The molecule has 8 heteroatoms. The lowest BCUT2D eigenvalue weighted by Gasteiger charge is -2.50. The van der Waals surface area contributed by atoms with Crippen molar-refractivity contribution < 1.29 is 17.9 Å². The van der Waals surface area contributed by atoms with Crippen molar-refractivity contribution in [2.45, 2.75) is 17.8 Å². The second-order valence-corrected chi connectivity index (χ2v) is 9.19. The summed E-state index contributed by atoms with van der Waals surface area (Å²) in [6, 6.07) is 5.47. The molecule has 1 aromatic heterocycles. The van der Waals surface area contributed by atoms with Gasteiger partial charge in [-0.3, -0.25) is 4.98 Å². The van der Waals surface area contributed by atoms with Gasteiger partial charge in [-0.1, -0.05) is 6.07 Å². The highest BCUT2D eigenvalue weighted by molar-refractivity contribution is 7.93. The van der Waals surface area contributed by atoms with Crippen LogP contribution in [0, 0.1) is 5.92 Å². The highest BCUT2D eigenvalue weighted by Crippen LogP contribution is 2.45. The number of aromatic nitrogens is 1. The fourth-order valence-corrected chi connectivity index (χ4v) is 5.92. The van der Waals surface area contributed by atoms with Crippen molar-refractivity contribution in [2.75, 3.05) is 39.5 Å². The molecule has 1 atom stereocenters. The van der Waals surface area contributed by atoms with E-state index in [1.807, 2.05) is 18.2 Å². The van der Waals surface area contributed by atoms with Crippen molar-refractivity contribution in [2.24, 2.45) is 5.92 Å². The standard InChI is InChI=1S/C16H23N3O4S/c1-18(2)15(20)19-11-16(12-19)13(6-8-24(16,21)22)9-23-10-14-5-3-4-7-17-14/h3-5,7,13H,6,8-12H2,1-2H3/t13-/m0/s1. The Kier molecular flexibility index (Phi) is 4.52. The van der Waals surface area contributed by atoms with Crippen molar-refractivity contribution in [3.8, 4) is 0 Å². The van der Waals surface area contributed by atoms with E-state index in [4.69, 9.17) is 4.74 Å². The molecule has 0 saturated carbocycles. The van der Waals surface area contributed by atoms with Gasteiger partial charge in [0.1, 0.15) is 4.75 Å². The van der Waals surface area contributed by atoms with Crippen LogP contribution in [0.25, 0.3) is 0 Å². The summed E-state index contributed by atoms with van der Waals surface area (Å²) in [5, 5.41) is 0. The maximum atomic E-state index is 12.5. The number of pyridine rings is 1. The molecule has 0 unspecified atom stereocenters. The lowest BCUT2D eigenvalue weighted by molar-refractivity contribution is 0.0313. The fraction of sp³-hybridized carbons (Fsp3) is 0.625. The largest absolute Gasteiger partial charge is 0.375 e. The molecule has 2 aliphatic heterocycles. The first kappa shape index (κ1) is 17.2. The minimum Gasteiger partial charge on any atom is -0.375 e. The molecular weight excluding hydrogens is 330 g/mol. The van der Waals surface area contributed by atoms with Crippen molar-refractivity contribution in [3.05, 3.63) is 30.1 Å². The van der Waals surface area contributed by atoms with Crippen molar-refractivity contribution >= 4 is 15.9 Å². The SMILES string of the molecule is CN(C)C(=O)N1CC2(C1)[C@H](COCc1ccccn1)CCS2(=O)=O. The van der Waals surface area contributed by atoms with Crippen LogP contribution in [0.5, 0.6) is 0 Å². The first-order chi connectivity index (χ1) is 11.4. The molecule has 2 fully saturated rings. The van der Waals surface area contributed by atoms with E-state index in [9.17, 15) is 13.2 Å². The topological polar surface area (TPSA) is 79.8 Å². The van der Waals surface area contributed by atoms with Gasteiger partial charge in [-0.2, -0.15) is 0 Å². The third kappa shape index (κ3) is 2.88. The van der Waals surface area contributed by atoms with Crippen LogP contribution in [0.2, 0.25) is 0 Å². The van der Waals surface area contributed by atoms with Crippen LogP contribution in [-0.2, 0) is 21.2 Å². The Labute approximate surface area is 142 Å². The highest BCUT2D eigenvalue weighted by Gasteiger charge is 2.62. The van der Waals surface area contributed by atoms with Gasteiger partial charge in [-0.05, 0) is 18.6 Å². The summed E-state index contributed by atoms with van der Waals surface area (Å²) in [5.74, 6) is 0.103. The van der Waals surface area contributed by atoms with Crippen LogP contribution in [0.1, 0.15) is 12.1 Å². The molecule has 2 amide bonds. The Bertz CT molecular complexity index is 699. The third-order valence-electron chi connectivity index (χ3n) is 4.96. The minimum atomic E-state index is -3.19. The summed E-state index contributed by atoms with van der Waals surface area (Å²) >= 11 is 0. The second-order valence-electron chi connectivity index (χ2n) is 6.74. The van der Waals surface area contributed by atoms with Gasteiger partial charge in [-0.15, -0.1) is 0 Å². The molecule has 24 heavy (non-hydrogen) atoms. The molecule has 3 rings (SSSR count). The second kappa shape index (κ2) is 6.33. The monoisotopic (exact) mass is 353 g/mol. The van der Waals surface area contributed by atoms with Gasteiger partial charge in [0.05, 0.1) is 24.7 Å². The number of sulfone groups is 1. The van der Waals surface area contributed by atoms with Crippen LogP contribution in [0.15, 0.2) is 24.4 Å². The molecule has 1 aromatic rings. The fourth-order valence-electron chi connectivity index (χ4n) is 3.51. The molecule has 0 N–H and O–H groups in total. The first-order valence-corrected chi connectivity index (χ1v) is 9.67. The summed E-state index contributed by atoms with van der Waals surface area (Å²) in [5.41, 5.74) is 0.824. The van der Waals surface area contributed by atoms with Crippen LogP contribution < -0.4 is 0 Å². The molecule has 0 radical (unpaired) electrons. The number of likely N-dealkylation sites (tertiary alicyclic amines) is 1. The van der Waals surface area contributed by atoms with E-state index in [0.29, 0.717) is 19.6 Å². The van der Waals surface area contributed by atoms with Gasteiger partial charge in [-0.25, -0.2) is 13.2 Å². The summed E-state index contributed by atoms with van der Waals surface area (Å²) in [4.78, 5) is 19.3. The smallest absolute Gasteiger partial charge is 0.319 e. The van der Waals surface area contributed by atoms with Crippen molar-refractivity contribution in [1.82, 2.24) is 14.8 Å². The normalized spacial score (nSPS) is 23.9. The van der Waals surface area contributed by atoms with Crippen LogP contribution >= 0.6 is 0 Å². The van der Waals surface area contributed by atoms with Gasteiger partial charge in [0, 0.05) is 39.3 Å². The number of carbonyl (C=O) groups is 1. The molecule has 7 nitrogen and oxygen atoms in total. The van der Waals surface area contributed by atoms with Gasteiger partial charge in [0.25, 0.3) is 0 Å². The number of hydrogen-bond acceptors (Lipinski definition) is 5. The lowest BCUT2D eigenvalue weighted by Crippen LogP contribution is -2.69. The van der Waals surface area contributed by atoms with Crippen LogP contribution in [0.4, 0.5) is 4.79 Å². The Hall–Kier alpha value is -1.67. The third-order valence-corrected chi connectivity index (χ3v) is 7.57. The molecule has 132 valence electrons. The maximum Gasteiger partial charge on any atom is 0.319 e. The van der Waals surface area contributed by atoms with E-state index in [1.54, 1.807) is 25.2 Å². The summed E-state index contributed by atoms with van der Waals surface area (Å²) in [7, 11) is 0.147. The van der Waals surface area contributed by atoms with Crippen molar-refractivity contribution in [3.63, 3.8) is 0 Å².